The van der Waals surface area contributed by atoms with Gasteiger partial charge in [-0.1, -0.05) is 42.5 Å². The van der Waals surface area contributed by atoms with Gasteiger partial charge in [0, 0.05) is 12.1 Å². The summed E-state index contributed by atoms with van der Waals surface area (Å²) in [5.74, 6) is 0. The van der Waals surface area contributed by atoms with Crippen LogP contribution in [-0.4, -0.2) is 20.5 Å². The van der Waals surface area contributed by atoms with Crippen LogP contribution >= 0.6 is 0 Å². The second-order valence-corrected chi connectivity index (χ2v) is 7.47. The molecule has 0 aliphatic carbocycles. The molecule has 21 heavy (non-hydrogen) atoms. The molecule has 2 aromatic rings. The quantitative estimate of drug-likeness (QED) is 0.890. The van der Waals surface area contributed by atoms with Gasteiger partial charge in [0.1, 0.15) is 0 Å². The van der Waals surface area contributed by atoms with Crippen molar-refractivity contribution in [1.29, 1.82) is 0 Å². The molecule has 0 spiro atoms. The summed E-state index contributed by atoms with van der Waals surface area (Å²) in [6, 6.07) is 16.5. The van der Waals surface area contributed by atoms with Crippen LogP contribution < -0.4 is 10.5 Å². The molecule has 0 fully saturated rings. The summed E-state index contributed by atoms with van der Waals surface area (Å²) in [6.45, 7) is 3.73. The Morgan fingerprint density at radius 3 is 2.24 bits per heavy atom. The van der Waals surface area contributed by atoms with Crippen LogP contribution in [0, 0.1) is 0 Å². The molecule has 0 atom stereocenters. The average Bonchev–Trinajstić information content (AvgIpc) is 2.46. The van der Waals surface area contributed by atoms with Crippen molar-refractivity contribution in [3.63, 3.8) is 0 Å². The lowest BCUT2D eigenvalue weighted by Crippen LogP contribution is -2.45. The molecule has 0 aromatic heterocycles. The van der Waals surface area contributed by atoms with Gasteiger partial charge in [-0.25, -0.2) is 13.1 Å². The van der Waals surface area contributed by atoms with Crippen molar-refractivity contribution in [2.24, 2.45) is 5.73 Å². The molecule has 0 radical (unpaired) electrons. The van der Waals surface area contributed by atoms with Gasteiger partial charge in [0.2, 0.25) is 10.0 Å². The topological polar surface area (TPSA) is 72.2 Å². The van der Waals surface area contributed by atoms with E-state index in [2.05, 4.69) is 4.72 Å². The largest absolute Gasteiger partial charge is 0.324 e. The third kappa shape index (κ3) is 4.39. The Labute approximate surface area is 126 Å². The van der Waals surface area contributed by atoms with E-state index in [0.717, 1.165) is 11.1 Å². The average molecular weight is 304 g/mol. The van der Waals surface area contributed by atoms with E-state index in [1.165, 1.54) is 0 Å². The number of benzene rings is 2. The molecule has 0 aliphatic heterocycles. The summed E-state index contributed by atoms with van der Waals surface area (Å²) in [7, 11) is -3.55. The van der Waals surface area contributed by atoms with Gasteiger partial charge in [-0.2, -0.15) is 0 Å². The maximum atomic E-state index is 12.3. The molecule has 0 heterocycles. The van der Waals surface area contributed by atoms with Gasteiger partial charge in [0.15, 0.2) is 0 Å². The summed E-state index contributed by atoms with van der Waals surface area (Å²) in [5, 5.41) is 0. The molecule has 0 unspecified atom stereocenters. The number of rotatable bonds is 5. The Morgan fingerprint density at radius 2 is 1.62 bits per heavy atom. The molecular formula is C16H20N2O2S. The first-order valence-corrected chi connectivity index (χ1v) is 8.20. The minimum Gasteiger partial charge on any atom is -0.324 e. The first kappa shape index (κ1) is 15.7. The molecular weight excluding hydrogens is 284 g/mol. The fraction of sp³-hybridized carbons (Fsp3) is 0.250. The van der Waals surface area contributed by atoms with Crippen LogP contribution in [0.25, 0.3) is 11.1 Å². The SMILES string of the molecule is CC(C)(N)CNS(=O)(=O)c1cccc(-c2ccccc2)c1. The number of nitrogens with two attached hydrogens (primary N) is 1. The van der Waals surface area contributed by atoms with Crippen molar-refractivity contribution in [3.05, 3.63) is 54.6 Å². The van der Waals surface area contributed by atoms with E-state index in [1.807, 2.05) is 36.4 Å². The van der Waals surface area contributed by atoms with Gasteiger partial charge in [0.05, 0.1) is 4.90 Å². The van der Waals surface area contributed by atoms with E-state index >= 15 is 0 Å². The fourth-order valence-electron chi connectivity index (χ4n) is 1.84. The van der Waals surface area contributed by atoms with Gasteiger partial charge >= 0.3 is 0 Å². The molecule has 0 bridgehead atoms. The standard InChI is InChI=1S/C16H20N2O2S/c1-16(2,17)12-18-21(19,20)15-10-6-9-14(11-15)13-7-4-3-5-8-13/h3-11,18H,12,17H2,1-2H3. The third-order valence-corrected chi connectivity index (χ3v) is 4.37. The van der Waals surface area contributed by atoms with Crippen molar-refractivity contribution >= 4 is 10.0 Å². The van der Waals surface area contributed by atoms with E-state index in [0.29, 0.717) is 0 Å². The van der Waals surface area contributed by atoms with Crippen molar-refractivity contribution in [2.75, 3.05) is 6.54 Å². The zero-order valence-electron chi connectivity index (χ0n) is 12.2. The lowest BCUT2D eigenvalue weighted by atomic mass is 10.1. The van der Waals surface area contributed by atoms with E-state index in [-0.39, 0.29) is 11.4 Å². The van der Waals surface area contributed by atoms with Gasteiger partial charge in [-0.05, 0) is 37.1 Å². The van der Waals surface area contributed by atoms with Crippen LogP contribution in [0.5, 0.6) is 0 Å². The Morgan fingerprint density at radius 1 is 1.00 bits per heavy atom. The van der Waals surface area contributed by atoms with Crippen LogP contribution in [0.3, 0.4) is 0 Å². The van der Waals surface area contributed by atoms with Gasteiger partial charge < -0.3 is 5.73 Å². The van der Waals surface area contributed by atoms with Gasteiger partial charge in [0.25, 0.3) is 0 Å². The van der Waals surface area contributed by atoms with Crippen LogP contribution in [-0.2, 0) is 10.0 Å². The van der Waals surface area contributed by atoms with Crippen molar-refractivity contribution in [2.45, 2.75) is 24.3 Å². The van der Waals surface area contributed by atoms with Crippen molar-refractivity contribution in [1.82, 2.24) is 4.72 Å². The monoisotopic (exact) mass is 304 g/mol. The summed E-state index contributed by atoms with van der Waals surface area (Å²) in [6.07, 6.45) is 0. The molecule has 2 rings (SSSR count). The maximum absolute atomic E-state index is 12.3. The highest BCUT2D eigenvalue weighted by molar-refractivity contribution is 7.89. The van der Waals surface area contributed by atoms with E-state index in [1.54, 1.807) is 32.0 Å². The molecule has 112 valence electrons. The van der Waals surface area contributed by atoms with E-state index < -0.39 is 15.6 Å². The first-order chi connectivity index (χ1) is 9.78. The van der Waals surface area contributed by atoms with Gasteiger partial charge in [-0.15, -0.1) is 0 Å². The van der Waals surface area contributed by atoms with Crippen LogP contribution in [0.15, 0.2) is 59.5 Å². The molecule has 5 heteroatoms. The highest BCUT2D eigenvalue weighted by Crippen LogP contribution is 2.22. The highest BCUT2D eigenvalue weighted by atomic mass is 32.2. The summed E-state index contributed by atoms with van der Waals surface area (Å²) < 4.78 is 27.1. The number of sulfonamides is 1. The Bertz CT molecular complexity index is 705. The Balaban J connectivity index is 2.29. The Hall–Kier alpha value is -1.69. The summed E-state index contributed by atoms with van der Waals surface area (Å²) in [5.41, 5.74) is 7.07. The third-order valence-electron chi connectivity index (χ3n) is 2.97. The molecule has 2 aromatic carbocycles. The van der Waals surface area contributed by atoms with Crippen LogP contribution in [0.1, 0.15) is 13.8 Å². The lowest BCUT2D eigenvalue weighted by Gasteiger charge is -2.19. The number of nitrogens with one attached hydrogen (secondary N) is 1. The zero-order valence-corrected chi connectivity index (χ0v) is 13.0. The first-order valence-electron chi connectivity index (χ1n) is 6.72. The number of hydrogen-bond donors (Lipinski definition) is 2. The molecule has 3 N–H and O–H groups in total. The van der Waals surface area contributed by atoms with Crippen LogP contribution in [0.4, 0.5) is 0 Å². The predicted molar refractivity (Wildman–Crippen MR) is 85.3 cm³/mol. The number of hydrogen-bond acceptors (Lipinski definition) is 3. The van der Waals surface area contributed by atoms with Crippen molar-refractivity contribution < 1.29 is 8.42 Å². The Kier molecular flexibility index (Phi) is 4.46. The van der Waals surface area contributed by atoms with Crippen LogP contribution in [0.2, 0.25) is 0 Å². The predicted octanol–water partition coefficient (Wildman–Crippen LogP) is 2.37. The highest BCUT2D eigenvalue weighted by Gasteiger charge is 2.19. The normalized spacial score (nSPS) is 12.3. The van der Waals surface area contributed by atoms with E-state index in [4.69, 9.17) is 5.73 Å². The molecule has 0 saturated heterocycles. The van der Waals surface area contributed by atoms with Gasteiger partial charge in [-0.3, -0.25) is 0 Å². The van der Waals surface area contributed by atoms with Crippen molar-refractivity contribution in [3.8, 4) is 11.1 Å². The second kappa shape index (κ2) is 5.97. The minimum atomic E-state index is -3.55. The zero-order chi connectivity index (χ0) is 15.5. The minimum absolute atomic E-state index is 0.185. The summed E-state index contributed by atoms with van der Waals surface area (Å²) >= 11 is 0. The maximum Gasteiger partial charge on any atom is 0.240 e. The lowest BCUT2D eigenvalue weighted by molar-refractivity contribution is 0.498. The molecule has 0 aliphatic rings. The van der Waals surface area contributed by atoms with E-state index in [9.17, 15) is 8.42 Å². The second-order valence-electron chi connectivity index (χ2n) is 5.71. The molecule has 4 nitrogen and oxygen atoms in total. The summed E-state index contributed by atoms with van der Waals surface area (Å²) in [4.78, 5) is 0.244. The fourth-order valence-corrected chi connectivity index (χ4v) is 3.11. The molecule has 0 saturated carbocycles. The molecule has 0 amide bonds. The smallest absolute Gasteiger partial charge is 0.240 e.